The van der Waals surface area contributed by atoms with Crippen LogP contribution in [0.15, 0.2) is 30.3 Å². The lowest BCUT2D eigenvalue weighted by atomic mass is 9.93. The first-order chi connectivity index (χ1) is 9.74. The minimum Gasteiger partial charge on any atom is -0.366 e. The summed E-state index contributed by atoms with van der Waals surface area (Å²) in [6.45, 7) is 9.60. The number of nitrogens with zero attached hydrogens (tertiary/aromatic N) is 1. The average Bonchev–Trinajstić information content (AvgIpc) is 2.37. The molecule has 1 saturated heterocycles. The minimum absolute atomic E-state index is 0.0909. The Morgan fingerprint density at radius 3 is 2.19 bits per heavy atom. The van der Waals surface area contributed by atoms with E-state index in [0.717, 1.165) is 5.56 Å². The average molecular weight is 290 g/mol. The summed E-state index contributed by atoms with van der Waals surface area (Å²) in [4.78, 5) is 14.8. The van der Waals surface area contributed by atoms with Crippen molar-refractivity contribution in [3.05, 3.63) is 35.9 Å². The first-order valence-corrected chi connectivity index (χ1v) is 7.48. The van der Waals surface area contributed by atoms with E-state index >= 15 is 0 Å². The van der Waals surface area contributed by atoms with Crippen molar-refractivity contribution in [1.82, 2.24) is 4.90 Å². The third-order valence-electron chi connectivity index (χ3n) is 3.74. The smallest absolute Gasteiger partial charge is 0.231 e. The number of ether oxygens (including phenoxy) is 1. The standard InChI is InChI=1S/C17H26N2O2/c1-16(2)11-19(12-17(3,4)21-16)15(20)14(10-18)13-8-6-5-7-9-13/h5-9,14H,10-12,18H2,1-4H3. The molecule has 2 N–H and O–H groups in total. The maximum atomic E-state index is 12.9. The molecule has 21 heavy (non-hydrogen) atoms. The van der Waals surface area contributed by atoms with Crippen molar-refractivity contribution in [2.75, 3.05) is 19.6 Å². The zero-order chi connectivity index (χ0) is 15.7. The number of nitrogens with two attached hydrogens (primary N) is 1. The lowest BCUT2D eigenvalue weighted by molar-refractivity contribution is -0.188. The lowest BCUT2D eigenvalue weighted by Crippen LogP contribution is -2.59. The summed E-state index contributed by atoms with van der Waals surface area (Å²) in [5.41, 5.74) is 6.17. The van der Waals surface area contributed by atoms with Gasteiger partial charge in [-0.25, -0.2) is 0 Å². The number of carbonyl (C=O) groups excluding carboxylic acids is 1. The van der Waals surface area contributed by atoms with Crippen LogP contribution in [0.5, 0.6) is 0 Å². The number of hydrogen-bond acceptors (Lipinski definition) is 3. The number of amides is 1. The molecule has 0 spiro atoms. The van der Waals surface area contributed by atoms with Crippen molar-refractivity contribution in [3.63, 3.8) is 0 Å². The minimum atomic E-state index is -0.340. The highest BCUT2D eigenvalue weighted by atomic mass is 16.5. The normalized spacial score (nSPS) is 21.9. The van der Waals surface area contributed by atoms with E-state index in [1.165, 1.54) is 0 Å². The van der Waals surface area contributed by atoms with Crippen LogP contribution >= 0.6 is 0 Å². The number of carbonyl (C=O) groups is 1. The Kier molecular flexibility index (Phi) is 4.40. The Hall–Kier alpha value is -1.39. The van der Waals surface area contributed by atoms with Gasteiger partial charge in [0.1, 0.15) is 0 Å². The quantitative estimate of drug-likeness (QED) is 0.928. The Balaban J connectivity index is 2.21. The van der Waals surface area contributed by atoms with Crippen LogP contribution < -0.4 is 5.73 Å². The molecule has 0 bridgehead atoms. The fourth-order valence-electron chi connectivity index (χ4n) is 3.23. The third-order valence-corrected chi connectivity index (χ3v) is 3.74. The van der Waals surface area contributed by atoms with E-state index in [-0.39, 0.29) is 23.0 Å². The van der Waals surface area contributed by atoms with Crippen molar-refractivity contribution in [2.45, 2.75) is 44.8 Å². The van der Waals surface area contributed by atoms with Gasteiger partial charge in [0.25, 0.3) is 0 Å². The van der Waals surface area contributed by atoms with Crippen LogP contribution in [-0.2, 0) is 9.53 Å². The van der Waals surface area contributed by atoms with Gasteiger partial charge in [-0.15, -0.1) is 0 Å². The van der Waals surface area contributed by atoms with Gasteiger partial charge in [-0.3, -0.25) is 4.79 Å². The molecule has 0 aromatic heterocycles. The highest BCUT2D eigenvalue weighted by molar-refractivity contribution is 5.84. The van der Waals surface area contributed by atoms with E-state index in [4.69, 9.17) is 10.5 Å². The summed E-state index contributed by atoms with van der Waals surface area (Å²) < 4.78 is 6.04. The fourth-order valence-corrected chi connectivity index (χ4v) is 3.23. The van der Waals surface area contributed by atoms with Crippen molar-refractivity contribution < 1.29 is 9.53 Å². The van der Waals surface area contributed by atoms with Gasteiger partial charge >= 0.3 is 0 Å². The molecular weight excluding hydrogens is 264 g/mol. The summed E-state index contributed by atoms with van der Waals surface area (Å²) in [5, 5.41) is 0. The second-order valence-corrected chi connectivity index (χ2v) is 7.01. The lowest BCUT2D eigenvalue weighted by Gasteiger charge is -2.47. The maximum absolute atomic E-state index is 12.9. The molecule has 2 rings (SSSR count). The summed E-state index contributed by atoms with van der Waals surface area (Å²) in [6, 6.07) is 9.76. The van der Waals surface area contributed by atoms with Crippen LogP contribution in [0.1, 0.15) is 39.2 Å². The maximum Gasteiger partial charge on any atom is 0.231 e. The molecule has 1 amide bonds. The highest BCUT2D eigenvalue weighted by Crippen LogP contribution is 2.30. The Morgan fingerprint density at radius 2 is 1.71 bits per heavy atom. The zero-order valence-corrected chi connectivity index (χ0v) is 13.4. The molecule has 0 radical (unpaired) electrons. The zero-order valence-electron chi connectivity index (χ0n) is 13.4. The molecule has 1 aliphatic heterocycles. The topological polar surface area (TPSA) is 55.6 Å². The van der Waals surface area contributed by atoms with Gasteiger partial charge in [-0.1, -0.05) is 30.3 Å². The SMILES string of the molecule is CC1(C)CN(C(=O)C(CN)c2ccccc2)CC(C)(C)O1. The van der Waals surface area contributed by atoms with E-state index in [9.17, 15) is 4.79 Å². The van der Waals surface area contributed by atoms with Crippen LogP contribution in [-0.4, -0.2) is 41.6 Å². The largest absolute Gasteiger partial charge is 0.366 e. The van der Waals surface area contributed by atoms with Crippen LogP contribution in [0.25, 0.3) is 0 Å². The molecule has 1 unspecified atom stereocenters. The molecule has 0 aliphatic carbocycles. The van der Waals surface area contributed by atoms with Crippen LogP contribution in [0.4, 0.5) is 0 Å². The van der Waals surface area contributed by atoms with Crippen molar-refractivity contribution >= 4 is 5.91 Å². The molecule has 0 saturated carbocycles. The van der Waals surface area contributed by atoms with Crippen LogP contribution in [0.2, 0.25) is 0 Å². The third kappa shape index (κ3) is 3.83. The molecule has 1 atom stereocenters. The van der Waals surface area contributed by atoms with Crippen molar-refractivity contribution in [1.29, 1.82) is 0 Å². The van der Waals surface area contributed by atoms with Gasteiger partial charge in [0.05, 0.1) is 17.1 Å². The fraction of sp³-hybridized carbons (Fsp3) is 0.588. The second kappa shape index (κ2) is 5.78. The van der Waals surface area contributed by atoms with E-state index < -0.39 is 0 Å². The van der Waals surface area contributed by atoms with Gasteiger partial charge in [-0.2, -0.15) is 0 Å². The second-order valence-electron chi connectivity index (χ2n) is 7.01. The summed E-state index contributed by atoms with van der Waals surface area (Å²) in [6.07, 6.45) is 0. The first kappa shape index (κ1) is 16.0. The molecule has 1 aromatic rings. The van der Waals surface area contributed by atoms with E-state index in [1.54, 1.807) is 0 Å². The van der Waals surface area contributed by atoms with Crippen molar-refractivity contribution in [2.24, 2.45) is 5.73 Å². The van der Waals surface area contributed by atoms with Crippen LogP contribution in [0, 0.1) is 0 Å². The summed E-state index contributed by atoms with van der Waals surface area (Å²) in [7, 11) is 0. The first-order valence-electron chi connectivity index (χ1n) is 7.48. The summed E-state index contributed by atoms with van der Waals surface area (Å²) in [5.74, 6) is -0.191. The monoisotopic (exact) mass is 290 g/mol. The number of hydrogen-bond donors (Lipinski definition) is 1. The molecule has 1 heterocycles. The molecule has 4 nitrogen and oxygen atoms in total. The predicted octanol–water partition coefficient (Wildman–Crippen LogP) is 2.14. The van der Waals surface area contributed by atoms with E-state index in [2.05, 4.69) is 0 Å². The van der Waals surface area contributed by atoms with Gasteiger partial charge < -0.3 is 15.4 Å². The number of morpholine rings is 1. The molecule has 1 fully saturated rings. The van der Waals surface area contributed by atoms with Crippen molar-refractivity contribution in [3.8, 4) is 0 Å². The summed E-state index contributed by atoms with van der Waals surface area (Å²) >= 11 is 0. The van der Waals surface area contributed by atoms with Gasteiger partial charge in [-0.05, 0) is 33.3 Å². The Bertz CT molecular complexity index is 481. The number of rotatable bonds is 3. The Labute approximate surface area is 127 Å². The highest BCUT2D eigenvalue weighted by Gasteiger charge is 2.41. The molecular formula is C17H26N2O2. The van der Waals surface area contributed by atoms with E-state index in [1.807, 2.05) is 62.9 Å². The van der Waals surface area contributed by atoms with Gasteiger partial charge in [0.2, 0.25) is 5.91 Å². The number of benzene rings is 1. The molecule has 116 valence electrons. The van der Waals surface area contributed by atoms with Gasteiger partial charge in [0, 0.05) is 19.6 Å². The van der Waals surface area contributed by atoms with E-state index in [0.29, 0.717) is 19.6 Å². The van der Waals surface area contributed by atoms with Crippen LogP contribution in [0.3, 0.4) is 0 Å². The molecule has 1 aliphatic rings. The molecule has 1 aromatic carbocycles. The Morgan fingerprint density at radius 1 is 1.19 bits per heavy atom. The van der Waals surface area contributed by atoms with Gasteiger partial charge in [0.15, 0.2) is 0 Å². The predicted molar refractivity (Wildman–Crippen MR) is 84.1 cm³/mol. The molecule has 4 heteroatoms.